The van der Waals surface area contributed by atoms with E-state index in [9.17, 15) is 9.59 Å². The molecule has 0 radical (unpaired) electrons. The van der Waals surface area contributed by atoms with Gasteiger partial charge in [-0.15, -0.1) is 5.53 Å². The number of fused-ring (bicyclic) bond motifs is 1. The molecule has 3 aromatic rings. The van der Waals surface area contributed by atoms with Crippen molar-refractivity contribution in [1.29, 1.82) is 0 Å². The van der Waals surface area contributed by atoms with Crippen molar-refractivity contribution < 1.29 is 14.3 Å². The van der Waals surface area contributed by atoms with Crippen LogP contribution in [0.5, 0.6) is 0 Å². The van der Waals surface area contributed by atoms with E-state index in [1.165, 1.54) is 6.34 Å². The summed E-state index contributed by atoms with van der Waals surface area (Å²) < 4.78 is 5.23. The van der Waals surface area contributed by atoms with Gasteiger partial charge in [-0.1, -0.05) is 25.1 Å². The fourth-order valence-corrected chi connectivity index (χ4v) is 3.18. The van der Waals surface area contributed by atoms with Crippen molar-refractivity contribution in [3.8, 4) is 0 Å². The number of rotatable bonds is 5. The van der Waals surface area contributed by atoms with Crippen molar-refractivity contribution in [3.63, 3.8) is 0 Å². The van der Waals surface area contributed by atoms with Gasteiger partial charge in [0.05, 0.1) is 29.0 Å². The topological polar surface area (TPSA) is 121 Å². The fourth-order valence-electron chi connectivity index (χ4n) is 3.18. The molecule has 0 unspecified atom stereocenters. The molecule has 10 heteroatoms. The first-order valence-electron chi connectivity index (χ1n) is 10.1. The standard InChI is InChI=1S/C22H21N7O3/c1-3-16-19(22(31)32-4-2)20(25-18-11-6-5-10-17(18)24-16)26-21(30)14-8-7-9-15(12-14)29-13-23-27-28-29/h5-13,27-28H,3-4H2,1-2H3. The molecule has 0 fully saturated rings. The van der Waals surface area contributed by atoms with E-state index in [0.717, 1.165) is 0 Å². The number of aromatic nitrogens is 2. The van der Waals surface area contributed by atoms with E-state index >= 15 is 0 Å². The summed E-state index contributed by atoms with van der Waals surface area (Å²) in [6, 6.07) is 14.0. The Morgan fingerprint density at radius 2 is 1.84 bits per heavy atom. The van der Waals surface area contributed by atoms with Crippen LogP contribution in [0.25, 0.3) is 11.0 Å². The van der Waals surface area contributed by atoms with E-state index in [-0.39, 0.29) is 17.7 Å². The zero-order valence-electron chi connectivity index (χ0n) is 17.6. The number of nitrogens with zero attached hydrogens (tertiary/aromatic N) is 5. The van der Waals surface area contributed by atoms with Crippen LogP contribution in [0.4, 0.5) is 5.69 Å². The summed E-state index contributed by atoms with van der Waals surface area (Å²) in [5.41, 5.74) is 8.04. The molecule has 10 nitrogen and oxygen atoms in total. The van der Waals surface area contributed by atoms with E-state index in [1.54, 1.807) is 54.4 Å². The minimum Gasteiger partial charge on any atom is -0.462 e. The number of esters is 1. The highest BCUT2D eigenvalue weighted by molar-refractivity contribution is 5.97. The minimum absolute atomic E-state index is 0.0214. The molecule has 162 valence electrons. The first-order valence-corrected chi connectivity index (χ1v) is 10.1. The van der Waals surface area contributed by atoms with Gasteiger partial charge < -0.3 is 4.74 Å². The molecule has 1 aliphatic heterocycles. The Hall–Kier alpha value is -4.18. The molecular weight excluding hydrogens is 410 g/mol. The third kappa shape index (κ3) is 4.30. The average molecular weight is 431 g/mol. The van der Waals surface area contributed by atoms with Crippen LogP contribution >= 0.6 is 0 Å². The Labute approximate surface area is 183 Å². The van der Waals surface area contributed by atoms with Gasteiger partial charge in [0.15, 0.2) is 5.49 Å². The van der Waals surface area contributed by atoms with Crippen LogP contribution in [0, 0.1) is 0 Å². The number of nitrogens with one attached hydrogen (secondary N) is 2. The van der Waals surface area contributed by atoms with Crippen LogP contribution in [0.15, 0.2) is 58.6 Å². The van der Waals surface area contributed by atoms with Gasteiger partial charge in [-0.05, 0) is 43.7 Å². The van der Waals surface area contributed by atoms with Crippen molar-refractivity contribution in [2.75, 3.05) is 11.6 Å². The maximum Gasteiger partial charge on any atom is 0.343 e. The Bertz CT molecular complexity index is 1290. The predicted octanol–water partition coefficient (Wildman–Crippen LogP) is 1.88. The zero-order valence-corrected chi connectivity index (χ0v) is 17.6. The molecule has 1 amide bonds. The van der Waals surface area contributed by atoms with Crippen LogP contribution < -0.4 is 21.6 Å². The summed E-state index contributed by atoms with van der Waals surface area (Å²) in [6.07, 6.45) is 1.97. The van der Waals surface area contributed by atoms with Gasteiger partial charge in [-0.2, -0.15) is 10.1 Å². The van der Waals surface area contributed by atoms with Crippen molar-refractivity contribution >= 4 is 34.9 Å². The molecule has 0 aliphatic carbocycles. The molecule has 0 atom stereocenters. The number of carbonyl (C=O) groups is 2. The molecule has 0 bridgehead atoms. The van der Waals surface area contributed by atoms with Crippen LogP contribution in [-0.4, -0.2) is 34.8 Å². The number of anilines is 1. The van der Waals surface area contributed by atoms with Crippen LogP contribution in [-0.2, 0) is 11.2 Å². The summed E-state index contributed by atoms with van der Waals surface area (Å²) in [6.45, 7) is 3.75. The number of amides is 1. The summed E-state index contributed by atoms with van der Waals surface area (Å²) >= 11 is 0. The number of aryl methyl sites for hydroxylation is 1. The predicted molar refractivity (Wildman–Crippen MR) is 118 cm³/mol. The number of ether oxygens (including phenoxy) is 1. The monoisotopic (exact) mass is 431 g/mol. The Balaban J connectivity index is 1.89. The fraction of sp³-hybridized carbons (Fsp3) is 0.182. The Kier molecular flexibility index (Phi) is 6.13. The van der Waals surface area contributed by atoms with E-state index in [4.69, 9.17) is 4.74 Å². The van der Waals surface area contributed by atoms with Crippen molar-refractivity contribution in [2.45, 2.75) is 20.3 Å². The quantitative estimate of drug-likeness (QED) is 0.588. The van der Waals surface area contributed by atoms with Gasteiger partial charge in [-0.25, -0.2) is 20.3 Å². The highest BCUT2D eigenvalue weighted by atomic mass is 16.5. The molecule has 2 aromatic carbocycles. The number of hydrogen-bond acceptors (Lipinski definition) is 9. The normalized spacial score (nSPS) is 13.3. The average Bonchev–Trinajstić information content (AvgIpc) is 3.29. The van der Waals surface area contributed by atoms with Gasteiger partial charge in [0.2, 0.25) is 0 Å². The number of para-hydroxylation sites is 2. The van der Waals surface area contributed by atoms with Crippen LogP contribution in [0.2, 0.25) is 0 Å². The maximum atomic E-state index is 13.1. The minimum atomic E-state index is -0.617. The number of benzene rings is 2. The highest BCUT2D eigenvalue weighted by Crippen LogP contribution is 2.15. The largest absolute Gasteiger partial charge is 0.462 e. The van der Waals surface area contributed by atoms with Gasteiger partial charge in [0, 0.05) is 5.56 Å². The Morgan fingerprint density at radius 1 is 1.06 bits per heavy atom. The van der Waals surface area contributed by atoms with E-state index in [2.05, 4.69) is 31.1 Å². The summed E-state index contributed by atoms with van der Waals surface area (Å²) in [5, 5.41) is 5.46. The van der Waals surface area contributed by atoms with Crippen LogP contribution in [0.3, 0.4) is 0 Å². The molecular formula is C22H21N7O3. The van der Waals surface area contributed by atoms with Gasteiger partial charge in [0.1, 0.15) is 11.9 Å². The number of hydrazine groups is 2. The lowest BCUT2D eigenvalue weighted by Crippen LogP contribution is -2.37. The maximum absolute atomic E-state index is 13.1. The number of carbonyl (C=O) groups excluding carboxylic acids is 2. The molecule has 1 aromatic heterocycles. The summed E-state index contributed by atoms with van der Waals surface area (Å²) in [5.74, 6) is -1.17. The first-order chi connectivity index (χ1) is 15.6. The second kappa shape index (κ2) is 9.31. The number of hydrazone groups is 1. The number of hydrogen-bond donors (Lipinski definition) is 2. The van der Waals surface area contributed by atoms with E-state index in [1.807, 2.05) is 13.0 Å². The molecule has 0 spiro atoms. The molecule has 0 saturated carbocycles. The van der Waals surface area contributed by atoms with Crippen molar-refractivity contribution in [2.24, 2.45) is 10.1 Å². The molecule has 1 aliphatic rings. The molecule has 2 heterocycles. The lowest BCUT2D eigenvalue weighted by atomic mass is 10.1. The second-order valence-corrected chi connectivity index (χ2v) is 6.74. The third-order valence-corrected chi connectivity index (χ3v) is 4.68. The van der Waals surface area contributed by atoms with E-state index in [0.29, 0.717) is 34.4 Å². The smallest absolute Gasteiger partial charge is 0.343 e. The summed E-state index contributed by atoms with van der Waals surface area (Å²) in [4.78, 5) is 39.2. The molecule has 2 N–H and O–H groups in total. The van der Waals surface area contributed by atoms with E-state index < -0.39 is 11.9 Å². The van der Waals surface area contributed by atoms with Gasteiger partial charge in [0.25, 0.3) is 5.91 Å². The second-order valence-electron chi connectivity index (χ2n) is 6.74. The van der Waals surface area contributed by atoms with Gasteiger partial charge in [-0.3, -0.25) is 9.78 Å². The van der Waals surface area contributed by atoms with Gasteiger partial charge >= 0.3 is 5.97 Å². The van der Waals surface area contributed by atoms with Crippen molar-refractivity contribution in [3.05, 3.63) is 70.8 Å². The highest BCUT2D eigenvalue weighted by Gasteiger charge is 2.19. The Morgan fingerprint density at radius 3 is 2.53 bits per heavy atom. The lowest BCUT2D eigenvalue weighted by Gasteiger charge is -2.13. The molecule has 32 heavy (non-hydrogen) atoms. The first kappa shape index (κ1) is 21.1. The summed E-state index contributed by atoms with van der Waals surface area (Å²) in [7, 11) is 0. The zero-order chi connectivity index (χ0) is 22.5. The lowest BCUT2D eigenvalue weighted by molar-refractivity contribution is 0.0522. The SMILES string of the molecule is CCOC(=O)c1c(CC)nc2ccccc2nc1=NC(=O)c1cccc(N2C=NNN2)c1. The third-order valence-electron chi connectivity index (χ3n) is 4.68. The van der Waals surface area contributed by atoms with Crippen LogP contribution in [0.1, 0.15) is 40.3 Å². The molecule has 4 rings (SSSR count). The molecule has 0 saturated heterocycles. The van der Waals surface area contributed by atoms with Crippen molar-refractivity contribution in [1.82, 2.24) is 21.0 Å².